The van der Waals surface area contributed by atoms with E-state index in [1.54, 1.807) is 0 Å². The van der Waals surface area contributed by atoms with Gasteiger partial charge in [0.15, 0.2) is 0 Å². The van der Waals surface area contributed by atoms with Crippen LogP contribution < -0.4 is 5.73 Å². The Morgan fingerprint density at radius 1 is 1.36 bits per heavy atom. The largest absolute Gasteiger partial charge is 0.399 e. The molecule has 0 heterocycles. The Bertz CT molecular complexity index is 267. The fourth-order valence-corrected chi connectivity index (χ4v) is 1.57. The van der Waals surface area contributed by atoms with Gasteiger partial charge in [0.2, 0.25) is 0 Å². The van der Waals surface area contributed by atoms with Crippen LogP contribution in [0.1, 0.15) is 38.4 Å². The lowest BCUT2D eigenvalue weighted by Gasteiger charge is -2.16. The quantitative estimate of drug-likeness (QED) is 0.729. The third-order valence-corrected chi connectivity index (χ3v) is 2.20. The van der Waals surface area contributed by atoms with Crippen molar-refractivity contribution in [3.8, 4) is 0 Å². The average Bonchev–Trinajstić information content (AvgIpc) is 2.17. The number of anilines is 1. The summed E-state index contributed by atoms with van der Waals surface area (Å²) in [5.74, 6) is 0. The van der Waals surface area contributed by atoms with Crippen molar-refractivity contribution < 1.29 is 4.74 Å². The second kappa shape index (κ2) is 5.66. The highest BCUT2D eigenvalue weighted by atomic mass is 16.5. The van der Waals surface area contributed by atoms with Crippen molar-refractivity contribution in [2.45, 2.75) is 32.8 Å². The highest BCUT2D eigenvalue weighted by Crippen LogP contribution is 2.23. The van der Waals surface area contributed by atoms with Crippen LogP contribution in [0.4, 0.5) is 5.69 Å². The van der Waals surface area contributed by atoms with E-state index in [1.165, 1.54) is 5.56 Å². The van der Waals surface area contributed by atoms with E-state index in [0.717, 1.165) is 25.1 Å². The molecule has 2 heteroatoms. The van der Waals surface area contributed by atoms with Gasteiger partial charge in [-0.15, -0.1) is 0 Å². The molecule has 0 saturated heterocycles. The maximum Gasteiger partial charge on any atom is 0.0825 e. The summed E-state index contributed by atoms with van der Waals surface area (Å²) < 4.78 is 5.67. The summed E-state index contributed by atoms with van der Waals surface area (Å²) in [5, 5.41) is 0. The molecule has 0 amide bonds. The van der Waals surface area contributed by atoms with Gasteiger partial charge in [-0.05, 0) is 31.0 Å². The predicted molar refractivity (Wildman–Crippen MR) is 60.1 cm³/mol. The Labute approximate surface area is 86.1 Å². The van der Waals surface area contributed by atoms with Gasteiger partial charge < -0.3 is 10.5 Å². The molecule has 0 spiro atoms. The molecule has 0 radical (unpaired) electrons. The van der Waals surface area contributed by atoms with E-state index < -0.39 is 0 Å². The zero-order valence-electron chi connectivity index (χ0n) is 8.99. The fraction of sp³-hybridized carbons (Fsp3) is 0.500. The zero-order valence-corrected chi connectivity index (χ0v) is 8.99. The van der Waals surface area contributed by atoms with E-state index in [-0.39, 0.29) is 6.10 Å². The van der Waals surface area contributed by atoms with Crippen LogP contribution in [-0.2, 0) is 4.74 Å². The molecule has 1 atom stereocenters. The van der Waals surface area contributed by atoms with E-state index in [0.29, 0.717) is 0 Å². The summed E-state index contributed by atoms with van der Waals surface area (Å²) in [4.78, 5) is 0. The molecule has 1 aromatic carbocycles. The number of benzene rings is 1. The van der Waals surface area contributed by atoms with Crippen molar-refractivity contribution in [2.24, 2.45) is 0 Å². The number of hydrogen-bond acceptors (Lipinski definition) is 2. The Balaban J connectivity index is 2.75. The van der Waals surface area contributed by atoms with Crippen LogP contribution >= 0.6 is 0 Å². The van der Waals surface area contributed by atoms with Gasteiger partial charge in [-0.25, -0.2) is 0 Å². The smallest absolute Gasteiger partial charge is 0.0825 e. The van der Waals surface area contributed by atoms with Gasteiger partial charge in [-0.1, -0.05) is 25.5 Å². The Morgan fingerprint density at radius 2 is 2.14 bits per heavy atom. The molecule has 78 valence electrons. The van der Waals surface area contributed by atoms with Crippen LogP contribution in [0.25, 0.3) is 0 Å². The number of hydrogen-bond donors (Lipinski definition) is 1. The summed E-state index contributed by atoms with van der Waals surface area (Å²) in [6.07, 6.45) is 2.38. The molecule has 0 unspecified atom stereocenters. The van der Waals surface area contributed by atoms with E-state index in [9.17, 15) is 0 Å². The fourth-order valence-electron chi connectivity index (χ4n) is 1.57. The third kappa shape index (κ3) is 3.04. The highest BCUT2D eigenvalue weighted by molar-refractivity contribution is 5.41. The van der Waals surface area contributed by atoms with E-state index in [4.69, 9.17) is 10.5 Å². The molecule has 0 aliphatic heterocycles. The molecular formula is C12H19NO. The van der Waals surface area contributed by atoms with Gasteiger partial charge in [-0.3, -0.25) is 0 Å². The first-order valence-electron chi connectivity index (χ1n) is 5.25. The maximum atomic E-state index is 5.73. The topological polar surface area (TPSA) is 35.2 Å². The lowest BCUT2D eigenvalue weighted by molar-refractivity contribution is 0.0557. The second-order valence-corrected chi connectivity index (χ2v) is 3.40. The highest BCUT2D eigenvalue weighted by Gasteiger charge is 2.09. The molecular weight excluding hydrogens is 174 g/mol. The minimum Gasteiger partial charge on any atom is -0.399 e. The summed E-state index contributed by atoms with van der Waals surface area (Å²) in [6.45, 7) is 4.94. The van der Waals surface area contributed by atoms with E-state index >= 15 is 0 Å². The number of rotatable bonds is 5. The molecule has 0 aliphatic carbocycles. The SMILES string of the molecule is CCC[C@@H](OCC)c1cccc(N)c1. The average molecular weight is 193 g/mol. The normalized spacial score (nSPS) is 12.7. The second-order valence-electron chi connectivity index (χ2n) is 3.40. The van der Waals surface area contributed by atoms with E-state index in [2.05, 4.69) is 13.0 Å². The summed E-state index contributed by atoms with van der Waals surface area (Å²) in [6, 6.07) is 7.95. The van der Waals surface area contributed by atoms with Crippen molar-refractivity contribution in [3.05, 3.63) is 29.8 Å². The lowest BCUT2D eigenvalue weighted by Crippen LogP contribution is -2.04. The molecule has 0 aromatic heterocycles. The molecule has 1 rings (SSSR count). The minimum absolute atomic E-state index is 0.202. The van der Waals surface area contributed by atoms with Crippen LogP contribution in [0.15, 0.2) is 24.3 Å². The first-order valence-corrected chi connectivity index (χ1v) is 5.25. The Kier molecular flexibility index (Phi) is 4.47. The molecule has 2 N–H and O–H groups in total. The molecule has 0 fully saturated rings. The van der Waals surface area contributed by atoms with E-state index in [1.807, 2.05) is 25.1 Å². The monoisotopic (exact) mass is 193 g/mol. The minimum atomic E-state index is 0.202. The first kappa shape index (κ1) is 11.1. The van der Waals surface area contributed by atoms with Crippen molar-refractivity contribution in [1.29, 1.82) is 0 Å². The Hall–Kier alpha value is -1.02. The summed E-state index contributed by atoms with van der Waals surface area (Å²) >= 11 is 0. The van der Waals surface area contributed by atoms with Crippen molar-refractivity contribution in [3.63, 3.8) is 0 Å². The van der Waals surface area contributed by atoms with Gasteiger partial charge >= 0.3 is 0 Å². The van der Waals surface area contributed by atoms with Crippen LogP contribution in [0, 0.1) is 0 Å². The van der Waals surface area contributed by atoms with Gasteiger partial charge in [0.25, 0.3) is 0 Å². The lowest BCUT2D eigenvalue weighted by atomic mass is 10.0. The van der Waals surface area contributed by atoms with Gasteiger partial charge in [0, 0.05) is 12.3 Å². The Morgan fingerprint density at radius 3 is 2.71 bits per heavy atom. The van der Waals surface area contributed by atoms with Crippen LogP contribution in [0.5, 0.6) is 0 Å². The third-order valence-electron chi connectivity index (χ3n) is 2.20. The molecule has 0 aliphatic rings. The molecule has 1 aromatic rings. The van der Waals surface area contributed by atoms with Crippen LogP contribution in [0.3, 0.4) is 0 Å². The van der Waals surface area contributed by atoms with Crippen molar-refractivity contribution in [1.82, 2.24) is 0 Å². The van der Waals surface area contributed by atoms with Gasteiger partial charge in [-0.2, -0.15) is 0 Å². The van der Waals surface area contributed by atoms with Crippen LogP contribution in [0.2, 0.25) is 0 Å². The zero-order chi connectivity index (χ0) is 10.4. The van der Waals surface area contributed by atoms with Crippen molar-refractivity contribution in [2.75, 3.05) is 12.3 Å². The summed E-state index contributed by atoms with van der Waals surface area (Å²) in [7, 11) is 0. The van der Waals surface area contributed by atoms with Gasteiger partial charge in [0.1, 0.15) is 0 Å². The molecule has 14 heavy (non-hydrogen) atoms. The van der Waals surface area contributed by atoms with Crippen molar-refractivity contribution >= 4 is 5.69 Å². The summed E-state index contributed by atoms with van der Waals surface area (Å²) in [5.41, 5.74) is 7.73. The molecule has 2 nitrogen and oxygen atoms in total. The number of nitrogens with two attached hydrogens (primary N) is 1. The standard InChI is InChI=1S/C12H19NO/c1-3-6-12(14-4-2)10-7-5-8-11(13)9-10/h5,7-9,12H,3-4,6,13H2,1-2H3/t12-/m1/s1. The molecule has 0 bridgehead atoms. The first-order chi connectivity index (χ1) is 6.77. The predicted octanol–water partition coefficient (Wildman–Crippen LogP) is 3.15. The number of ether oxygens (including phenoxy) is 1. The van der Waals surface area contributed by atoms with Crippen LogP contribution in [-0.4, -0.2) is 6.61 Å². The molecule has 0 saturated carbocycles. The van der Waals surface area contributed by atoms with Gasteiger partial charge in [0.05, 0.1) is 6.10 Å². The maximum absolute atomic E-state index is 5.73. The number of nitrogen functional groups attached to an aromatic ring is 1.